The van der Waals surface area contributed by atoms with E-state index in [0.717, 1.165) is 61.6 Å². The minimum Gasteiger partial charge on any atom is -0.508 e. The molecule has 5 aliphatic rings. The van der Waals surface area contributed by atoms with Crippen LogP contribution in [0, 0.1) is 17.8 Å². The van der Waals surface area contributed by atoms with E-state index in [9.17, 15) is 14.7 Å². The van der Waals surface area contributed by atoms with Gasteiger partial charge in [0.15, 0.2) is 17.3 Å². The summed E-state index contributed by atoms with van der Waals surface area (Å²) in [5.74, 6) is 3.61. The number of likely N-dealkylation sites (tertiary alicyclic amines) is 1. The van der Waals surface area contributed by atoms with Crippen LogP contribution in [0.4, 0.5) is 0 Å². The fraction of sp³-hybridized carbons (Fsp3) is 0.622. The van der Waals surface area contributed by atoms with Crippen molar-refractivity contribution >= 4 is 11.7 Å². The number of carbonyl (C=O) groups excluding carboxylic acids is 2. The number of aromatic hydroxyl groups is 1. The van der Waals surface area contributed by atoms with Gasteiger partial charge in [-0.15, -0.1) is 0 Å². The number of rotatable bonds is 12. The molecule has 3 fully saturated rings. The van der Waals surface area contributed by atoms with E-state index in [4.69, 9.17) is 9.47 Å². The van der Waals surface area contributed by atoms with Crippen molar-refractivity contribution in [3.63, 3.8) is 0 Å². The van der Waals surface area contributed by atoms with Gasteiger partial charge >= 0.3 is 0 Å². The molecule has 0 aromatic heterocycles. The van der Waals surface area contributed by atoms with Crippen LogP contribution in [0.15, 0.2) is 36.4 Å². The number of hydrogen-bond donors (Lipinski definition) is 1. The Hall–Kier alpha value is -3.06. The molecule has 7 rings (SSSR count). The first-order valence-electron chi connectivity index (χ1n) is 17.0. The highest BCUT2D eigenvalue weighted by atomic mass is 16.5. The Morgan fingerprint density at radius 3 is 2.61 bits per heavy atom. The normalized spacial score (nSPS) is 28.4. The molecule has 2 bridgehead atoms. The Kier molecular flexibility index (Phi) is 7.88. The van der Waals surface area contributed by atoms with Gasteiger partial charge < -0.3 is 19.5 Å². The van der Waals surface area contributed by atoms with Crippen LogP contribution in [-0.4, -0.2) is 71.5 Å². The van der Waals surface area contributed by atoms with Gasteiger partial charge in [0, 0.05) is 60.1 Å². The van der Waals surface area contributed by atoms with Crippen LogP contribution in [0.1, 0.15) is 93.1 Å². The minimum atomic E-state index is -0.222. The molecule has 236 valence electrons. The number of hydrogen-bond acceptors (Lipinski definition) is 6. The lowest BCUT2D eigenvalue weighted by Crippen LogP contribution is -2.69. The molecule has 0 radical (unpaired) electrons. The maximum Gasteiger partial charge on any atom is 0.222 e. The number of piperidine rings is 1. The van der Waals surface area contributed by atoms with Gasteiger partial charge in [-0.1, -0.05) is 44.2 Å². The third kappa shape index (κ3) is 4.99. The van der Waals surface area contributed by atoms with Gasteiger partial charge in [-0.25, -0.2) is 0 Å². The van der Waals surface area contributed by atoms with Crippen LogP contribution in [-0.2, 0) is 16.6 Å². The van der Waals surface area contributed by atoms with E-state index in [1.54, 1.807) is 13.2 Å². The van der Waals surface area contributed by atoms with E-state index in [1.165, 1.54) is 18.4 Å². The number of phenols is 1. The largest absolute Gasteiger partial charge is 0.508 e. The van der Waals surface area contributed by atoms with Crippen molar-refractivity contribution in [3.05, 3.63) is 53.1 Å². The Morgan fingerprint density at radius 1 is 1.11 bits per heavy atom. The summed E-state index contributed by atoms with van der Waals surface area (Å²) in [6.45, 7) is 7.25. The fourth-order valence-electron chi connectivity index (χ4n) is 9.27. The second kappa shape index (κ2) is 11.7. The van der Waals surface area contributed by atoms with Crippen LogP contribution < -0.4 is 9.47 Å². The second-order valence-electron chi connectivity index (χ2n) is 14.5. The highest BCUT2D eigenvalue weighted by Gasteiger charge is 2.67. The van der Waals surface area contributed by atoms with Crippen molar-refractivity contribution in [1.29, 1.82) is 0 Å². The molecular formula is C37H48N2O5. The number of ketones is 1. The molecule has 1 spiro atoms. The molecule has 7 nitrogen and oxygen atoms in total. The fourth-order valence-corrected chi connectivity index (χ4v) is 9.27. The molecule has 1 amide bonds. The third-order valence-corrected chi connectivity index (χ3v) is 11.3. The lowest BCUT2D eigenvalue weighted by Gasteiger charge is -2.60. The number of amides is 1. The first kappa shape index (κ1) is 29.6. The molecule has 7 heteroatoms. The topological polar surface area (TPSA) is 79.3 Å². The quantitative estimate of drug-likeness (QED) is 0.233. The second-order valence-corrected chi connectivity index (χ2v) is 14.5. The number of carbonyl (C=O) groups is 2. The van der Waals surface area contributed by atoms with Crippen LogP contribution in [0.25, 0.3) is 0 Å². The maximum absolute atomic E-state index is 14.1. The van der Waals surface area contributed by atoms with Gasteiger partial charge in [0.05, 0.1) is 13.2 Å². The summed E-state index contributed by atoms with van der Waals surface area (Å²) in [5, 5.41) is 11.3. The average molecular weight is 601 g/mol. The summed E-state index contributed by atoms with van der Waals surface area (Å²) in [6.07, 6.45) is 8.64. The van der Waals surface area contributed by atoms with Crippen LogP contribution >= 0.6 is 0 Å². The van der Waals surface area contributed by atoms with Crippen LogP contribution in [0.3, 0.4) is 0 Å². The Balaban J connectivity index is 1.15. The number of Topliss-reactive ketones (excluding diaryl/α,β-unsaturated/α-hetero) is 1. The SMILES string of the molecule is COc1cc(O)c2c3c1O[C@H]1[C@@H](N(CC(C)C)C(=O)CCCCC(=O)c4ccccc4)CC[C@H]4[C@@H](C2)N(CC2CC2)CC[C@@]341. The zero-order valence-corrected chi connectivity index (χ0v) is 26.6. The molecule has 2 aromatic rings. The molecule has 5 atom stereocenters. The molecule has 2 saturated carbocycles. The predicted molar refractivity (Wildman–Crippen MR) is 169 cm³/mol. The monoisotopic (exact) mass is 600 g/mol. The molecular weight excluding hydrogens is 552 g/mol. The van der Waals surface area contributed by atoms with E-state index in [0.29, 0.717) is 61.6 Å². The first-order chi connectivity index (χ1) is 21.3. The highest BCUT2D eigenvalue weighted by molar-refractivity contribution is 5.96. The lowest BCUT2D eigenvalue weighted by molar-refractivity contribution is -0.143. The summed E-state index contributed by atoms with van der Waals surface area (Å²) in [6, 6.07) is 11.5. The molecule has 0 unspecified atom stereocenters. The van der Waals surface area contributed by atoms with Crippen LogP contribution in [0.5, 0.6) is 17.2 Å². The van der Waals surface area contributed by atoms with Crippen molar-refractivity contribution in [3.8, 4) is 17.2 Å². The van der Waals surface area contributed by atoms with Gasteiger partial charge in [-0.3, -0.25) is 14.5 Å². The average Bonchev–Trinajstić information content (AvgIpc) is 3.78. The molecule has 1 N–H and O–H groups in total. The zero-order valence-electron chi connectivity index (χ0n) is 26.6. The van der Waals surface area contributed by atoms with Gasteiger partial charge in [0.2, 0.25) is 5.91 Å². The van der Waals surface area contributed by atoms with Gasteiger partial charge in [0.25, 0.3) is 0 Å². The maximum atomic E-state index is 14.1. The van der Waals surface area contributed by atoms with E-state index in [2.05, 4.69) is 23.6 Å². The van der Waals surface area contributed by atoms with Gasteiger partial charge in [-0.2, -0.15) is 0 Å². The number of ether oxygens (including phenoxy) is 2. The van der Waals surface area contributed by atoms with E-state index in [-0.39, 0.29) is 29.3 Å². The number of unbranched alkanes of at least 4 members (excludes halogenated alkanes) is 1. The smallest absolute Gasteiger partial charge is 0.222 e. The molecule has 2 aromatic carbocycles. The number of nitrogens with zero attached hydrogens (tertiary/aromatic N) is 2. The van der Waals surface area contributed by atoms with Gasteiger partial charge in [-0.05, 0) is 75.7 Å². The van der Waals surface area contributed by atoms with Crippen LogP contribution in [0.2, 0.25) is 0 Å². The lowest BCUT2D eigenvalue weighted by atomic mass is 9.50. The summed E-state index contributed by atoms with van der Waals surface area (Å²) < 4.78 is 12.8. The third-order valence-electron chi connectivity index (χ3n) is 11.3. The molecule has 3 aliphatic carbocycles. The van der Waals surface area contributed by atoms with E-state index >= 15 is 0 Å². The van der Waals surface area contributed by atoms with E-state index in [1.807, 2.05) is 30.3 Å². The van der Waals surface area contributed by atoms with E-state index < -0.39 is 0 Å². The Bertz CT molecular complexity index is 1400. The van der Waals surface area contributed by atoms with Crippen molar-refractivity contribution < 1.29 is 24.2 Å². The van der Waals surface area contributed by atoms with Crippen molar-refractivity contribution in [2.45, 2.75) is 102 Å². The number of phenolic OH excluding ortho intramolecular Hbond substituents is 1. The summed E-state index contributed by atoms with van der Waals surface area (Å²) >= 11 is 0. The summed E-state index contributed by atoms with van der Waals surface area (Å²) in [7, 11) is 1.65. The first-order valence-corrected chi connectivity index (χ1v) is 17.0. The van der Waals surface area contributed by atoms with Gasteiger partial charge in [0.1, 0.15) is 11.9 Å². The summed E-state index contributed by atoms with van der Waals surface area (Å²) in [4.78, 5) is 31.6. The van der Waals surface area contributed by atoms with Crippen molar-refractivity contribution in [2.24, 2.45) is 17.8 Å². The Labute approximate surface area is 261 Å². The Morgan fingerprint density at radius 2 is 1.89 bits per heavy atom. The predicted octanol–water partition coefficient (Wildman–Crippen LogP) is 6.15. The summed E-state index contributed by atoms with van der Waals surface area (Å²) in [5.41, 5.74) is 2.73. The minimum absolute atomic E-state index is 0.0343. The molecule has 2 aliphatic heterocycles. The highest BCUT2D eigenvalue weighted by Crippen LogP contribution is 2.66. The molecule has 1 saturated heterocycles. The number of benzene rings is 2. The molecule has 2 heterocycles. The van der Waals surface area contributed by atoms with Crippen molar-refractivity contribution in [2.75, 3.05) is 26.7 Å². The zero-order chi connectivity index (χ0) is 30.6. The number of methoxy groups -OCH3 is 1. The molecule has 44 heavy (non-hydrogen) atoms. The standard InChI is InChI=1S/C37H48N2O5/c1-23(2)21-39(33(42)12-8-7-11-30(40)25-9-5-4-6-10-25)28-16-15-27-29-19-26-31(41)20-32(43-3)35-34(26)37(27,36(28)44-35)17-18-38(29)22-24-13-14-24/h4-6,9-10,20,23-24,27-29,36,41H,7-8,11-19,21-22H2,1-3H3/t27-,28-,29+,36-,37-/m0/s1. The van der Waals surface area contributed by atoms with Crippen molar-refractivity contribution in [1.82, 2.24) is 9.80 Å².